The highest BCUT2D eigenvalue weighted by molar-refractivity contribution is 6.06. The van der Waals surface area contributed by atoms with Gasteiger partial charge in [-0.1, -0.05) is 36.4 Å². The molecule has 0 fully saturated rings. The van der Waals surface area contributed by atoms with Crippen molar-refractivity contribution >= 4 is 40.8 Å². The van der Waals surface area contributed by atoms with Crippen LogP contribution < -0.4 is 29.9 Å². The molecule has 1 aromatic heterocycles. The van der Waals surface area contributed by atoms with Crippen molar-refractivity contribution in [3.8, 4) is 11.5 Å². The Kier molecular flexibility index (Phi) is 9.95. The van der Waals surface area contributed by atoms with Gasteiger partial charge in [-0.05, 0) is 50.8 Å². The molecule has 0 bridgehead atoms. The summed E-state index contributed by atoms with van der Waals surface area (Å²) in [6.45, 7) is 2.12. The number of anilines is 5. The topological polar surface area (TPSA) is 112 Å². The number of para-hydroxylation sites is 1. The minimum Gasteiger partial charge on any atom is -0.493 e. The Morgan fingerprint density at radius 2 is 1.70 bits per heavy atom. The van der Waals surface area contributed by atoms with Crippen LogP contribution in [0.5, 0.6) is 11.5 Å². The van der Waals surface area contributed by atoms with E-state index in [0.29, 0.717) is 23.4 Å². The fraction of sp³-hybridized carbons (Fsp3) is 0.235. The van der Waals surface area contributed by atoms with Crippen LogP contribution in [0.3, 0.4) is 0 Å². The maximum Gasteiger partial charge on any atom is 0.331 e. The van der Waals surface area contributed by atoms with Gasteiger partial charge in [0.05, 0.1) is 26.8 Å². The van der Waals surface area contributed by atoms with Gasteiger partial charge in [0.15, 0.2) is 23.1 Å². The predicted molar refractivity (Wildman–Crippen MR) is 176 cm³/mol. The van der Waals surface area contributed by atoms with E-state index in [2.05, 4.69) is 20.6 Å². The monoisotopic (exact) mass is 643 g/mol. The number of carbonyl (C=O) groups excluding carboxylic acids is 2. The lowest BCUT2D eigenvalue weighted by Gasteiger charge is -2.39. The Morgan fingerprint density at radius 1 is 1.02 bits per heavy atom. The summed E-state index contributed by atoms with van der Waals surface area (Å²) < 4.78 is 41.7. The minimum absolute atomic E-state index is 0.222. The number of carbonyl (C=O) groups is 2. The maximum absolute atomic E-state index is 15.7. The summed E-state index contributed by atoms with van der Waals surface area (Å²) in [6, 6.07) is 15.9. The number of likely N-dealkylation sites (N-methyl/N-ethyl adjacent to an activating group) is 1. The third kappa shape index (κ3) is 7.15. The molecule has 5 rings (SSSR count). The molecule has 244 valence electrons. The van der Waals surface area contributed by atoms with Gasteiger partial charge in [0.25, 0.3) is 0 Å². The van der Waals surface area contributed by atoms with E-state index in [4.69, 9.17) is 9.47 Å². The molecule has 1 aliphatic rings. The molecule has 47 heavy (non-hydrogen) atoms. The molecule has 13 heteroatoms. The number of hydrogen-bond donors (Lipinski definition) is 2. The number of hydrogen-bond acceptors (Lipinski definition) is 8. The number of benzene rings is 3. The number of methoxy groups -OCH3 is 2. The van der Waals surface area contributed by atoms with Crippen LogP contribution in [0.4, 0.5) is 42.4 Å². The molecule has 4 aromatic rings. The summed E-state index contributed by atoms with van der Waals surface area (Å²) in [4.78, 5) is 40.3. The Labute approximate surface area is 271 Å². The summed E-state index contributed by atoms with van der Waals surface area (Å²) >= 11 is 0. The van der Waals surface area contributed by atoms with Crippen molar-refractivity contribution in [3.63, 3.8) is 0 Å². The van der Waals surface area contributed by atoms with Crippen LogP contribution >= 0.6 is 0 Å². The standard InChI is InChI=1S/C34H35F2N7O4/c1-21(22-11-9-14-25(17-22)38-28(44)15-10-16-41(2)3)43-32-23(19-37-33(40-32)39-24-12-7-6-8-13-24)20-42(34(43)45)31-29(35)26(46-4)18-27(47-5)30(31)36/h6-15,17-19,21H,16,20H2,1-5H3,(H,38,44)(H,37,39,40)/b15-10+. The highest BCUT2D eigenvalue weighted by Gasteiger charge is 2.40. The van der Waals surface area contributed by atoms with E-state index >= 15 is 8.78 Å². The van der Waals surface area contributed by atoms with Crippen LogP contribution in [0.1, 0.15) is 24.1 Å². The van der Waals surface area contributed by atoms with Gasteiger partial charge in [0.2, 0.25) is 11.9 Å². The van der Waals surface area contributed by atoms with E-state index in [1.165, 1.54) is 31.4 Å². The lowest BCUT2D eigenvalue weighted by Crippen LogP contribution is -2.49. The van der Waals surface area contributed by atoms with Crippen molar-refractivity contribution in [1.29, 1.82) is 0 Å². The average Bonchev–Trinajstić information content (AvgIpc) is 3.05. The highest BCUT2D eigenvalue weighted by Crippen LogP contribution is 2.42. The van der Waals surface area contributed by atoms with Crippen molar-refractivity contribution < 1.29 is 27.8 Å². The summed E-state index contributed by atoms with van der Waals surface area (Å²) in [6.07, 6.45) is 4.70. The molecule has 0 aliphatic carbocycles. The van der Waals surface area contributed by atoms with E-state index in [1.807, 2.05) is 49.3 Å². The van der Waals surface area contributed by atoms with Gasteiger partial charge in [0, 0.05) is 41.8 Å². The number of ether oxygens (including phenoxy) is 2. The number of nitrogens with one attached hydrogen (secondary N) is 2. The van der Waals surface area contributed by atoms with Gasteiger partial charge >= 0.3 is 6.03 Å². The number of amides is 3. The number of urea groups is 1. The van der Waals surface area contributed by atoms with E-state index in [-0.39, 0.29) is 35.7 Å². The number of nitrogens with zero attached hydrogens (tertiary/aromatic N) is 5. The van der Waals surface area contributed by atoms with Gasteiger partial charge in [-0.2, -0.15) is 4.98 Å². The third-order valence-electron chi connectivity index (χ3n) is 7.45. The SMILES string of the molecule is COc1cc(OC)c(F)c(N2Cc3cnc(Nc4ccccc4)nc3N(C(C)c3cccc(NC(=O)/C=C/CN(C)C)c3)C2=O)c1F. The summed E-state index contributed by atoms with van der Waals surface area (Å²) in [5.41, 5.74) is 1.66. The van der Waals surface area contributed by atoms with Crippen molar-refractivity contribution in [2.75, 3.05) is 55.3 Å². The first-order chi connectivity index (χ1) is 22.6. The normalized spacial score (nSPS) is 13.5. The van der Waals surface area contributed by atoms with Gasteiger partial charge in [-0.3, -0.25) is 14.6 Å². The lowest BCUT2D eigenvalue weighted by molar-refractivity contribution is -0.111. The van der Waals surface area contributed by atoms with E-state index in [9.17, 15) is 9.59 Å². The quantitative estimate of drug-likeness (QED) is 0.184. The van der Waals surface area contributed by atoms with Crippen molar-refractivity contribution in [3.05, 3.63) is 102 Å². The number of aromatic nitrogens is 2. The Hall–Kier alpha value is -5.56. The van der Waals surface area contributed by atoms with Gasteiger partial charge in [-0.15, -0.1) is 0 Å². The van der Waals surface area contributed by atoms with Crippen LogP contribution in [0.2, 0.25) is 0 Å². The zero-order valence-corrected chi connectivity index (χ0v) is 26.6. The molecule has 0 spiro atoms. The van der Waals surface area contributed by atoms with Crippen LogP contribution in [0.25, 0.3) is 0 Å². The third-order valence-corrected chi connectivity index (χ3v) is 7.45. The molecule has 0 radical (unpaired) electrons. The van der Waals surface area contributed by atoms with Crippen molar-refractivity contribution in [2.24, 2.45) is 0 Å². The zero-order valence-electron chi connectivity index (χ0n) is 26.6. The smallest absolute Gasteiger partial charge is 0.331 e. The second kappa shape index (κ2) is 14.3. The molecule has 1 unspecified atom stereocenters. The van der Waals surface area contributed by atoms with Crippen LogP contribution in [0.15, 0.2) is 79.0 Å². The largest absolute Gasteiger partial charge is 0.493 e. The highest BCUT2D eigenvalue weighted by atomic mass is 19.1. The summed E-state index contributed by atoms with van der Waals surface area (Å²) in [5, 5.41) is 5.96. The second-order valence-electron chi connectivity index (χ2n) is 11.0. The summed E-state index contributed by atoms with van der Waals surface area (Å²) in [5.74, 6) is -2.56. The van der Waals surface area contributed by atoms with Crippen LogP contribution in [-0.4, -0.2) is 61.7 Å². The van der Waals surface area contributed by atoms with Crippen LogP contribution in [-0.2, 0) is 11.3 Å². The number of rotatable bonds is 11. The Balaban J connectivity index is 1.57. The lowest BCUT2D eigenvalue weighted by atomic mass is 10.0. The molecule has 3 amide bonds. The zero-order chi connectivity index (χ0) is 33.7. The molecule has 1 aliphatic heterocycles. The molecule has 1 atom stereocenters. The first kappa shape index (κ1) is 32.8. The maximum atomic E-state index is 15.7. The molecule has 0 saturated carbocycles. The number of halogens is 2. The molecule has 2 heterocycles. The van der Waals surface area contributed by atoms with Crippen LogP contribution in [0, 0.1) is 11.6 Å². The Morgan fingerprint density at radius 3 is 2.36 bits per heavy atom. The Bertz CT molecular complexity index is 1770. The molecular formula is C34H35F2N7O4. The minimum atomic E-state index is -1.06. The first-order valence-corrected chi connectivity index (χ1v) is 14.7. The second-order valence-corrected chi connectivity index (χ2v) is 11.0. The van der Waals surface area contributed by atoms with Gasteiger partial charge < -0.3 is 25.0 Å². The van der Waals surface area contributed by atoms with E-state index in [0.717, 1.165) is 16.7 Å². The molecule has 11 nitrogen and oxygen atoms in total. The molecule has 0 saturated heterocycles. The van der Waals surface area contributed by atoms with E-state index in [1.54, 1.807) is 37.3 Å². The average molecular weight is 644 g/mol. The molecular weight excluding hydrogens is 608 g/mol. The number of fused-ring (bicyclic) bond motifs is 1. The predicted octanol–water partition coefficient (Wildman–Crippen LogP) is 6.28. The summed E-state index contributed by atoms with van der Waals surface area (Å²) in [7, 11) is 6.27. The first-order valence-electron chi connectivity index (χ1n) is 14.7. The van der Waals surface area contributed by atoms with Gasteiger partial charge in [0.1, 0.15) is 11.5 Å². The van der Waals surface area contributed by atoms with Crippen molar-refractivity contribution in [2.45, 2.75) is 19.5 Å². The fourth-order valence-electron chi connectivity index (χ4n) is 5.10. The van der Waals surface area contributed by atoms with Crippen molar-refractivity contribution in [1.82, 2.24) is 14.9 Å². The van der Waals surface area contributed by atoms with Gasteiger partial charge in [-0.25, -0.2) is 18.6 Å². The fourth-order valence-corrected chi connectivity index (χ4v) is 5.10. The van der Waals surface area contributed by atoms with E-state index < -0.39 is 29.4 Å². The molecule has 3 aromatic carbocycles. The molecule has 2 N–H and O–H groups in total.